The first-order valence-electron chi connectivity index (χ1n) is 9.92. The molecule has 0 saturated carbocycles. The minimum absolute atomic E-state index is 0.0555. The molecule has 6 heteroatoms. The molecule has 2 heterocycles. The molecule has 2 aliphatic heterocycles. The first-order valence-corrected chi connectivity index (χ1v) is 9.92. The SMILES string of the molecule is COC[C@H]1CCCN(C(=O)c2ccc(OC3CCN(C)CC3)c(OC)c2)C1. The minimum Gasteiger partial charge on any atom is -0.493 e. The standard InChI is InChI=1S/C21H32N2O4/c1-22-11-8-18(9-12-22)27-19-7-6-17(13-20(19)26-3)21(24)23-10-4-5-16(14-23)15-25-2/h6-7,13,16,18H,4-5,8-12,14-15H2,1-3H3/t16-/m0/s1. The third-order valence-corrected chi connectivity index (χ3v) is 5.58. The molecule has 0 bridgehead atoms. The molecule has 0 radical (unpaired) electrons. The monoisotopic (exact) mass is 376 g/mol. The van der Waals surface area contributed by atoms with Gasteiger partial charge in [0.2, 0.25) is 0 Å². The summed E-state index contributed by atoms with van der Waals surface area (Å²) >= 11 is 0. The van der Waals surface area contributed by atoms with Gasteiger partial charge in [-0.25, -0.2) is 0 Å². The molecule has 1 aromatic rings. The highest BCUT2D eigenvalue weighted by atomic mass is 16.5. The Labute approximate surface area is 162 Å². The molecule has 0 aliphatic carbocycles. The molecule has 0 N–H and O–H groups in total. The van der Waals surface area contributed by atoms with E-state index in [4.69, 9.17) is 14.2 Å². The van der Waals surface area contributed by atoms with E-state index in [0.29, 0.717) is 23.8 Å². The fourth-order valence-corrected chi connectivity index (χ4v) is 3.98. The van der Waals surface area contributed by atoms with E-state index in [1.807, 2.05) is 23.1 Å². The second kappa shape index (κ2) is 9.42. The summed E-state index contributed by atoms with van der Waals surface area (Å²) < 4.78 is 17.0. The number of nitrogens with zero attached hydrogens (tertiary/aromatic N) is 2. The van der Waals surface area contributed by atoms with Crippen LogP contribution in [0, 0.1) is 5.92 Å². The van der Waals surface area contributed by atoms with Gasteiger partial charge in [-0.2, -0.15) is 0 Å². The van der Waals surface area contributed by atoms with E-state index in [9.17, 15) is 4.79 Å². The van der Waals surface area contributed by atoms with E-state index in [1.165, 1.54) is 0 Å². The highest BCUT2D eigenvalue weighted by Crippen LogP contribution is 2.31. The third-order valence-electron chi connectivity index (χ3n) is 5.58. The zero-order valence-corrected chi connectivity index (χ0v) is 16.8. The molecular weight excluding hydrogens is 344 g/mol. The van der Waals surface area contributed by atoms with Gasteiger partial charge in [0.05, 0.1) is 13.7 Å². The lowest BCUT2D eigenvalue weighted by Gasteiger charge is -2.32. The summed E-state index contributed by atoms with van der Waals surface area (Å²) in [6, 6.07) is 5.54. The molecule has 1 atom stereocenters. The number of amides is 1. The Kier molecular flexibility index (Phi) is 6.96. The van der Waals surface area contributed by atoms with Crippen LogP contribution in [0.1, 0.15) is 36.0 Å². The molecule has 0 spiro atoms. The Morgan fingerprint density at radius 1 is 1.11 bits per heavy atom. The van der Waals surface area contributed by atoms with Crippen LogP contribution < -0.4 is 9.47 Å². The van der Waals surface area contributed by atoms with Gasteiger partial charge in [-0.3, -0.25) is 4.79 Å². The van der Waals surface area contributed by atoms with Crippen molar-refractivity contribution in [2.45, 2.75) is 31.8 Å². The second-order valence-corrected chi connectivity index (χ2v) is 7.70. The molecule has 27 heavy (non-hydrogen) atoms. The number of likely N-dealkylation sites (tertiary alicyclic amines) is 2. The number of hydrogen-bond donors (Lipinski definition) is 0. The molecule has 2 fully saturated rings. The number of benzene rings is 1. The Morgan fingerprint density at radius 3 is 2.59 bits per heavy atom. The second-order valence-electron chi connectivity index (χ2n) is 7.70. The summed E-state index contributed by atoms with van der Waals surface area (Å²) in [7, 11) is 5.48. The lowest BCUT2D eigenvalue weighted by atomic mass is 9.98. The number of ether oxygens (including phenoxy) is 3. The predicted octanol–water partition coefficient (Wildman–Crippen LogP) is 2.67. The van der Waals surface area contributed by atoms with E-state index in [-0.39, 0.29) is 12.0 Å². The number of hydrogen-bond acceptors (Lipinski definition) is 5. The predicted molar refractivity (Wildman–Crippen MR) is 105 cm³/mol. The van der Waals surface area contributed by atoms with Crippen molar-refractivity contribution in [2.75, 3.05) is 54.1 Å². The van der Waals surface area contributed by atoms with Gasteiger partial charge in [-0.15, -0.1) is 0 Å². The smallest absolute Gasteiger partial charge is 0.254 e. The van der Waals surface area contributed by atoms with Crippen LogP contribution in [0.2, 0.25) is 0 Å². The van der Waals surface area contributed by atoms with Crippen molar-refractivity contribution in [3.8, 4) is 11.5 Å². The lowest BCUT2D eigenvalue weighted by molar-refractivity contribution is 0.0570. The molecule has 150 valence electrons. The molecule has 1 amide bonds. The third kappa shape index (κ3) is 5.14. The summed E-state index contributed by atoms with van der Waals surface area (Å²) in [4.78, 5) is 17.2. The Balaban J connectivity index is 1.67. The van der Waals surface area contributed by atoms with Gasteiger partial charge in [-0.05, 0) is 56.8 Å². The van der Waals surface area contributed by atoms with Crippen LogP contribution in [0.4, 0.5) is 0 Å². The Morgan fingerprint density at radius 2 is 1.89 bits per heavy atom. The average Bonchev–Trinajstić information content (AvgIpc) is 2.70. The van der Waals surface area contributed by atoms with Crippen LogP contribution in [-0.2, 0) is 4.74 Å². The first kappa shape index (κ1) is 20.0. The molecule has 6 nitrogen and oxygen atoms in total. The van der Waals surface area contributed by atoms with Gasteiger partial charge in [0.15, 0.2) is 11.5 Å². The van der Waals surface area contributed by atoms with Crippen molar-refractivity contribution >= 4 is 5.91 Å². The van der Waals surface area contributed by atoms with E-state index in [2.05, 4.69) is 11.9 Å². The fourth-order valence-electron chi connectivity index (χ4n) is 3.98. The summed E-state index contributed by atoms with van der Waals surface area (Å²) in [6.45, 7) is 4.34. The normalized spacial score (nSPS) is 21.9. The molecule has 3 rings (SSSR count). The summed E-state index contributed by atoms with van der Waals surface area (Å²) in [6.07, 6.45) is 4.36. The van der Waals surface area contributed by atoms with Gasteiger partial charge in [0, 0.05) is 38.9 Å². The Hall–Kier alpha value is -1.79. The van der Waals surface area contributed by atoms with E-state index >= 15 is 0 Å². The average molecular weight is 376 g/mol. The van der Waals surface area contributed by atoms with Gasteiger partial charge in [0.1, 0.15) is 6.10 Å². The van der Waals surface area contributed by atoms with Crippen molar-refractivity contribution < 1.29 is 19.0 Å². The summed E-state index contributed by atoms with van der Waals surface area (Å²) in [5.74, 6) is 1.83. The van der Waals surface area contributed by atoms with Crippen LogP contribution in [0.15, 0.2) is 18.2 Å². The van der Waals surface area contributed by atoms with Gasteiger partial charge < -0.3 is 24.0 Å². The van der Waals surface area contributed by atoms with Crippen molar-refractivity contribution in [2.24, 2.45) is 5.92 Å². The maximum Gasteiger partial charge on any atom is 0.254 e. The van der Waals surface area contributed by atoms with Gasteiger partial charge in [-0.1, -0.05) is 0 Å². The van der Waals surface area contributed by atoms with Crippen molar-refractivity contribution in [1.29, 1.82) is 0 Å². The number of carbonyl (C=O) groups excluding carboxylic acids is 1. The fraction of sp³-hybridized carbons (Fsp3) is 0.667. The molecule has 0 aromatic heterocycles. The minimum atomic E-state index is 0.0555. The first-order chi connectivity index (χ1) is 13.1. The van der Waals surface area contributed by atoms with Crippen LogP contribution >= 0.6 is 0 Å². The largest absolute Gasteiger partial charge is 0.493 e. The zero-order valence-electron chi connectivity index (χ0n) is 16.8. The van der Waals surface area contributed by atoms with Crippen LogP contribution in [0.25, 0.3) is 0 Å². The topological polar surface area (TPSA) is 51.2 Å². The lowest BCUT2D eigenvalue weighted by Crippen LogP contribution is -2.41. The van der Waals surface area contributed by atoms with E-state index in [0.717, 1.165) is 57.6 Å². The summed E-state index contributed by atoms with van der Waals surface area (Å²) in [5.41, 5.74) is 0.653. The van der Waals surface area contributed by atoms with E-state index < -0.39 is 0 Å². The number of carbonyl (C=O) groups is 1. The van der Waals surface area contributed by atoms with Crippen molar-refractivity contribution in [1.82, 2.24) is 9.80 Å². The highest BCUT2D eigenvalue weighted by Gasteiger charge is 2.26. The molecular formula is C21H32N2O4. The highest BCUT2D eigenvalue weighted by molar-refractivity contribution is 5.95. The number of rotatable bonds is 6. The van der Waals surface area contributed by atoms with Crippen LogP contribution in [0.3, 0.4) is 0 Å². The maximum atomic E-state index is 12.9. The number of methoxy groups -OCH3 is 2. The van der Waals surface area contributed by atoms with E-state index in [1.54, 1.807) is 14.2 Å². The number of piperidine rings is 2. The van der Waals surface area contributed by atoms with Crippen LogP contribution in [-0.4, -0.2) is 75.9 Å². The zero-order chi connectivity index (χ0) is 19.2. The molecule has 2 aliphatic rings. The van der Waals surface area contributed by atoms with Crippen molar-refractivity contribution in [3.63, 3.8) is 0 Å². The van der Waals surface area contributed by atoms with Gasteiger partial charge in [0.25, 0.3) is 5.91 Å². The Bertz CT molecular complexity index is 627. The quantitative estimate of drug-likeness (QED) is 0.764. The maximum absolute atomic E-state index is 12.9. The van der Waals surface area contributed by atoms with Crippen LogP contribution in [0.5, 0.6) is 11.5 Å². The molecule has 1 aromatic carbocycles. The van der Waals surface area contributed by atoms with Gasteiger partial charge >= 0.3 is 0 Å². The molecule has 2 saturated heterocycles. The summed E-state index contributed by atoms with van der Waals surface area (Å²) in [5, 5.41) is 0. The molecule has 0 unspecified atom stereocenters. The van der Waals surface area contributed by atoms with Crippen molar-refractivity contribution in [3.05, 3.63) is 23.8 Å².